The maximum absolute atomic E-state index is 9.95. The largest absolute Gasteiger partial charge is 0.508 e. The zero-order chi connectivity index (χ0) is 12.3. The van der Waals surface area contributed by atoms with E-state index >= 15 is 0 Å². The third-order valence-electron chi connectivity index (χ3n) is 3.32. The minimum atomic E-state index is 0.237. The molecule has 4 heteroatoms. The third-order valence-corrected chi connectivity index (χ3v) is 3.32. The van der Waals surface area contributed by atoms with Gasteiger partial charge in [0.2, 0.25) is 0 Å². The van der Waals surface area contributed by atoms with Crippen LogP contribution in [0.15, 0.2) is 23.4 Å². The summed E-state index contributed by atoms with van der Waals surface area (Å²) in [4.78, 5) is 0. The van der Waals surface area contributed by atoms with E-state index in [2.05, 4.69) is 5.16 Å². The number of phenolic OH excluding ortho intramolecular Hbond substituents is 1. The average Bonchev–Trinajstić information content (AvgIpc) is 2.38. The van der Waals surface area contributed by atoms with Gasteiger partial charge in [-0.25, -0.2) is 0 Å². The summed E-state index contributed by atoms with van der Waals surface area (Å²) in [6.45, 7) is 0. The first-order valence-electron chi connectivity index (χ1n) is 5.81. The van der Waals surface area contributed by atoms with Crippen molar-refractivity contribution in [3.8, 4) is 11.5 Å². The van der Waals surface area contributed by atoms with Gasteiger partial charge >= 0.3 is 0 Å². The van der Waals surface area contributed by atoms with Gasteiger partial charge in [0.25, 0.3) is 0 Å². The number of rotatable bonds is 2. The first-order chi connectivity index (χ1) is 8.24. The average molecular weight is 235 g/mol. The summed E-state index contributed by atoms with van der Waals surface area (Å²) in [5.74, 6) is 1.15. The molecule has 0 aliphatic heterocycles. The van der Waals surface area contributed by atoms with E-state index in [-0.39, 0.29) is 11.7 Å². The Morgan fingerprint density at radius 3 is 2.88 bits per heavy atom. The van der Waals surface area contributed by atoms with Crippen molar-refractivity contribution in [3.63, 3.8) is 0 Å². The molecular formula is C13H17NO3. The number of aromatic hydroxyl groups is 1. The van der Waals surface area contributed by atoms with Crippen molar-refractivity contribution < 1.29 is 15.1 Å². The number of oxime groups is 1. The molecule has 1 unspecified atom stereocenters. The topological polar surface area (TPSA) is 62.0 Å². The number of methoxy groups -OCH3 is 1. The molecule has 2 N–H and O–H groups in total. The fraction of sp³-hybridized carbons (Fsp3) is 0.462. The molecule has 0 bridgehead atoms. The van der Waals surface area contributed by atoms with Gasteiger partial charge in [0.05, 0.1) is 12.8 Å². The second-order valence-electron chi connectivity index (χ2n) is 4.38. The molecule has 0 amide bonds. The highest BCUT2D eigenvalue weighted by Gasteiger charge is 2.22. The number of hydrogen-bond donors (Lipinski definition) is 2. The molecule has 1 aromatic carbocycles. The Morgan fingerprint density at radius 1 is 1.41 bits per heavy atom. The summed E-state index contributed by atoms with van der Waals surface area (Å²) >= 11 is 0. The molecule has 2 rings (SSSR count). The second kappa shape index (κ2) is 5.08. The van der Waals surface area contributed by atoms with Gasteiger partial charge in [-0.15, -0.1) is 0 Å². The molecule has 4 nitrogen and oxygen atoms in total. The summed E-state index contributed by atoms with van der Waals surface area (Å²) in [5, 5.41) is 22.1. The van der Waals surface area contributed by atoms with Gasteiger partial charge in [-0.1, -0.05) is 11.2 Å². The van der Waals surface area contributed by atoms with Crippen LogP contribution in [0.3, 0.4) is 0 Å². The van der Waals surface area contributed by atoms with Gasteiger partial charge in [0.15, 0.2) is 0 Å². The Labute approximate surface area is 101 Å². The monoisotopic (exact) mass is 235 g/mol. The number of nitrogens with zero attached hydrogens (tertiary/aromatic N) is 1. The van der Waals surface area contributed by atoms with Crippen molar-refractivity contribution in [1.82, 2.24) is 0 Å². The lowest BCUT2D eigenvalue weighted by Crippen LogP contribution is -2.14. The molecule has 1 aliphatic carbocycles. The van der Waals surface area contributed by atoms with Crippen LogP contribution in [0.2, 0.25) is 0 Å². The van der Waals surface area contributed by atoms with Crippen LogP contribution in [0.4, 0.5) is 0 Å². The molecule has 1 atom stereocenters. The lowest BCUT2D eigenvalue weighted by Gasteiger charge is -2.23. The molecule has 1 aromatic rings. The highest BCUT2D eigenvalue weighted by atomic mass is 16.5. The highest BCUT2D eigenvalue weighted by molar-refractivity contribution is 5.85. The summed E-state index contributed by atoms with van der Waals surface area (Å²) < 4.78 is 5.06. The summed E-state index contributed by atoms with van der Waals surface area (Å²) in [7, 11) is 1.57. The molecule has 1 saturated carbocycles. The molecule has 1 fully saturated rings. The SMILES string of the molecule is COc1ccc(C2CCCC(=NO)C2)c(O)c1. The van der Waals surface area contributed by atoms with E-state index in [9.17, 15) is 5.11 Å². The molecule has 0 saturated heterocycles. The minimum Gasteiger partial charge on any atom is -0.508 e. The van der Waals surface area contributed by atoms with Crippen LogP contribution < -0.4 is 4.74 Å². The summed E-state index contributed by atoms with van der Waals surface area (Å²) in [5.41, 5.74) is 1.73. The van der Waals surface area contributed by atoms with Crippen LogP contribution in [0.1, 0.15) is 37.2 Å². The minimum absolute atomic E-state index is 0.237. The Morgan fingerprint density at radius 2 is 2.24 bits per heavy atom. The van der Waals surface area contributed by atoms with Gasteiger partial charge in [-0.2, -0.15) is 0 Å². The van der Waals surface area contributed by atoms with E-state index in [1.165, 1.54) is 0 Å². The fourth-order valence-electron chi connectivity index (χ4n) is 2.39. The van der Waals surface area contributed by atoms with E-state index in [4.69, 9.17) is 9.94 Å². The zero-order valence-electron chi connectivity index (χ0n) is 9.89. The quantitative estimate of drug-likeness (QED) is 0.612. The van der Waals surface area contributed by atoms with E-state index in [1.54, 1.807) is 13.2 Å². The second-order valence-corrected chi connectivity index (χ2v) is 4.38. The van der Waals surface area contributed by atoms with Gasteiger partial charge in [0, 0.05) is 6.07 Å². The Hall–Kier alpha value is -1.71. The molecular weight excluding hydrogens is 218 g/mol. The molecule has 0 aromatic heterocycles. The van der Waals surface area contributed by atoms with Crippen LogP contribution in [-0.2, 0) is 0 Å². The molecule has 17 heavy (non-hydrogen) atoms. The van der Waals surface area contributed by atoms with Crippen molar-refractivity contribution in [1.29, 1.82) is 0 Å². The normalized spacial score (nSPS) is 22.6. The predicted octanol–water partition coefficient (Wildman–Crippen LogP) is 2.89. The first-order valence-corrected chi connectivity index (χ1v) is 5.81. The summed E-state index contributed by atoms with van der Waals surface area (Å²) in [6.07, 6.45) is 3.58. The van der Waals surface area contributed by atoms with Crippen molar-refractivity contribution in [3.05, 3.63) is 23.8 Å². The van der Waals surface area contributed by atoms with E-state index in [0.717, 1.165) is 37.0 Å². The Bertz CT molecular complexity index is 429. The van der Waals surface area contributed by atoms with Gasteiger partial charge in [-0.3, -0.25) is 0 Å². The standard InChI is InChI=1S/C13H17NO3/c1-17-11-5-6-12(13(15)8-11)9-3-2-4-10(7-9)14-16/h5-6,8-9,15-16H,2-4,7H2,1H3. The van der Waals surface area contributed by atoms with Gasteiger partial charge < -0.3 is 15.1 Å². The maximum atomic E-state index is 9.95. The molecule has 92 valence electrons. The summed E-state index contributed by atoms with van der Waals surface area (Å²) in [6, 6.07) is 5.36. The van der Waals surface area contributed by atoms with Crippen molar-refractivity contribution >= 4 is 5.71 Å². The number of benzene rings is 1. The highest BCUT2D eigenvalue weighted by Crippen LogP contribution is 2.37. The zero-order valence-corrected chi connectivity index (χ0v) is 9.89. The third kappa shape index (κ3) is 2.52. The number of hydrogen-bond acceptors (Lipinski definition) is 4. The lowest BCUT2D eigenvalue weighted by molar-refractivity contribution is 0.313. The van der Waals surface area contributed by atoms with Crippen molar-refractivity contribution in [2.75, 3.05) is 7.11 Å². The van der Waals surface area contributed by atoms with Gasteiger partial charge in [0.1, 0.15) is 11.5 Å². The van der Waals surface area contributed by atoms with Crippen molar-refractivity contribution in [2.24, 2.45) is 5.16 Å². The fourth-order valence-corrected chi connectivity index (χ4v) is 2.39. The van der Waals surface area contributed by atoms with Crippen molar-refractivity contribution in [2.45, 2.75) is 31.6 Å². The molecule has 0 radical (unpaired) electrons. The Kier molecular flexibility index (Phi) is 3.52. The smallest absolute Gasteiger partial charge is 0.122 e. The molecule has 0 spiro atoms. The number of ether oxygens (including phenoxy) is 1. The Balaban J connectivity index is 2.22. The molecule has 1 aliphatic rings. The predicted molar refractivity (Wildman–Crippen MR) is 65.1 cm³/mol. The van der Waals surface area contributed by atoms with Crippen LogP contribution in [0.25, 0.3) is 0 Å². The maximum Gasteiger partial charge on any atom is 0.122 e. The van der Waals surface area contributed by atoms with Crippen LogP contribution in [0.5, 0.6) is 11.5 Å². The van der Waals surface area contributed by atoms with Crippen LogP contribution in [-0.4, -0.2) is 23.1 Å². The van der Waals surface area contributed by atoms with Crippen LogP contribution in [0, 0.1) is 0 Å². The lowest BCUT2D eigenvalue weighted by atomic mass is 9.82. The van der Waals surface area contributed by atoms with Gasteiger partial charge in [-0.05, 0) is 43.2 Å². The number of phenols is 1. The van der Waals surface area contributed by atoms with Crippen LogP contribution >= 0.6 is 0 Å². The van der Waals surface area contributed by atoms with E-state index in [1.807, 2.05) is 12.1 Å². The van der Waals surface area contributed by atoms with E-state index < -0.39 is 0 Å². The van der Waals surface area contributed by atoms with E-state index in [0.29, 0.717) is 5.75 Å². The molecule has 0 heterocycles. The first kappa shape index (κ1) is 11.8.